The average molecular weight is 267 g/mol. The molecule has 0 aromatic carbocycles. The van der Waals surface area contributed by atoms with Crippen LogP contribution in [0.25, 0.3) is 0 Å². The number of carbonyl (C=O) groups excluding carboxylic acids is 1. The normalized spacial score (nSPS) is 17.4. The standard InChI is InChI=1S/C13H21N3OS/c1-9-11(18-13(14)16-9)12(17)15-8-10-6-4-2-3-5-7-10/h10H,2-8H2,1H3,(H2,14,16)(H,15,17). The third kappa shape index (κ3) is 3.45. The van der Waals surface area contributed by atoms with E-state index in [1.54, 1.807) is 0 Å². The van der Waals surface area contributed by atoms with E-state index in [1.165, 1.54) is 49.9 Å². The van der Waals surface area contributed by atoms with Gasteiger partial charge in [0.2, 0.25) is 0 Å². The molecule has 0 aliphatic heterocycles. The molecule has 2 rings (SSSR count). The molecule has 100 valence electrons. The van der Waals surface area contributed by atoms with Crippen molar-refractivity contribution in [1.29, 1.82) is 0 Å². The summed E-state index contributed by atoms with van der Waals surface area (Å²) in [7, 11) is 0. The number of amides is 1. The molecule has 1 fully saturated rings. The van der Waals surface area contributed by atoms with Gasteiger partial charge in [-0.05, 0) is 25.7 Å². The number of nitrogens with one attached hydrogen (secondary N) is 1. The van der Waals surface area contributed by atoms with Crippen molar-refractivity contribution in [2.24, 2.45) is 5.92 Å². The Hall–Kier alpha value is -1.10. The van der Waals surface area contributed by atoms with Crippen LogP contribution in [0.15, 0.2) is 0 Å². The van der Waals surface area contributed by atoms with Gasteiger partial charge < -0.3 is 11.1 Å². The van der Waals surface area contributed by atoms with Crippen LogP contribution in [0.4, 0.5) is 5.13 Å². The van der Waals surface area contributed by atoms with Gasteiger partial charge in [-0.25, -0.2) is 4.98 Å². The number of hydrogen-bond acceptors (Lipinski definition) is 4. The van der Waals surface area contributed by atoms with Crippen molar-refractivity contribution in [3.05, 3.63) is 10.6 Å². The first-order valence-electron chi connectivity index (χ1n) is 6.68. The minimum Gasteiger partial charge on any atom is -0.375 e. The van der Waals surface area contributed by atoms with Gasteiger partial charge in [-0.2, -0.15) is 0 Å². The number of nitrogen functional groups attached to an aromatic ring is 1. The molecule has 0 radical (unpaired) electrons. The molecule has 18 heavy (non-hydrogen) atoms. The van der Waals surface area contributed by atoms with Crippen molar-refractivity contribution in [3.8, 4) is 0 Å². The van der Waals surface area contributed by atoms with Gasteiger partial charge in [0.15, 0.2) is 5.13 Å². The number of thiazole rings is 1. The molecule has 0 spiro atoms. The first-order valence-corrected chi connectivity index (χ1v) is 7.49. The minimum atomic E-state index is -0.0223. The molecule has 0 saturated heterocycles. The summed E-state index contributed by atoms with van der Waals surface area (Å²) in [5.41, 5.74) is 6.34. The lowest BCUT2D eigenvalue weighted by Crippen LogP contribution is -2.29. The summed E-state index contributed by atoms with van der Waals surface area (Å²) in [4.78, 5) is 16.7. The average Bonchev–Trinajstić information content (AvgIpc) is 2.57. The fourth-order valence-corrected chi connectivity index (χ4v) is 3.26. The Morgan fingerprint density at radius 2 is 2.06 bits per heavy atom. The van der Waals surface area contributed by atoms with E-state index in [9.17, 15) is 4.79 Å². The number of nitrogens with two attached hydrogens (primary N) is 1. The van der Waals surface area contributed by atoms with Gasteiger partial charge in [-0.1, -0.05) is 37.0 Å². The third-order valence-electron chi connectivity index (χ3n) is 3.55. The van der Waals surface area contributed by atoms with Crippen LogP contribution in [-0.4, -0.2) is 17.4 Å². The van der Waals surface area contributed by atoms with Gasteiger partial charge in [0.25, 0.3) is 5.91 Å². The summed E-state index contributed by atoms with van der Waals surface area (Å²) in [5, 5.41) is 3.49. The van der Waals surface area contributed by atoms with Crippen LogP contribution in [0.3, 0.4) is 0 Å². The van der Waals surface area contributed by atoms with Crippen molar-refractivity contribution >= 4 is 22.4 Å². The number of nitrogens with zero attached hydrogens (tertiary/aromatic N) is 1. The summed E-state index contributed by atoms with van der Waals surface area (Å²) in [6, 6.07) is 0. The fourth-order valence-electron chi connectivity index (χ4n) is 2.51. The maximum atomic E-state index is 12.0. The predicted octanol–water partition coefficient (Wildman–Crippen LogP) is 2.73. The topological polar surface area (TPSA) is 68.0 Å². The van der Waals surface area contributed by atoms with E-state index in [2.05, 4.69) is 10.3 Å². The molecular formula is C13H21N3OS. The molecule has 3 N–H and O–H groups in total. The zero-order valence-corrected chi connectivity index (χ0v) is 11.7. The van der Waals surface area contributed by atoms with Crippen LogP contribution in [0.5, 0.6) is 0 Å². The lowest BCUT2D eigenvalue weighted by Gasteiger charge is -2.14. The number of rotatable bonds is 3. The van der Waals surface area contributed by atoms with E-state index >= 15 is 0 Å². The van der Waals surface area contributed by atoms with Crippen molar-refractivity contribution in [3.63, 3.8) is 0 Å². The van der Waals surface area contributed by atoms with Crippen LogP contribution in [-0.2, 0) is 0 Å². The number of hydrogen-bond donors (Lipinski definition) is 2. The third-order valence-corrected chi connectivity index (χ3v) is 4.53. The largest absolute Gasteiger partial charge is 0.375 e. The number of anilines is 1. The molecule has 5 heteroatoms. The Kier molecular flexibility index (Phi) is 4.58. The maximum absolute atomic E-state index is 12.0. The van der Waals surface area contributed by atoms with Crippen molar-refractivity contribution in [1.82, 2.24) is 10.3 Å². The van der Waals surface area contributed by atoms with Crippen molar-refractivity contribution < 1.29 is 4.79 Å². The van der Waals surface area contributed by atoms with Crippen LogP contribution in [0.1, 0.15) is 53.9 Å². The molecule has 4 nitrogen and oxygen atoms in total. The van der Waals surface area contributed by atoms with E-state index in [-0.39, 0.29) is 5.91 Å². The summed E-state index contributed by atoms with van der Waals surface area (Å²) < 4.78 is 0. The molecule has 1 saturated carbocycles. The highest BCUT2D eigenvalue weighted by molar-refractivity contribution is 7.17. The van der Waals surface area contributed by atoms with Gasteiger partial charge in [0.05, 0.1) is 5.69 Å². The van der Waals surface area contributed by atoms with Gasteiger partial charge in [-0.15, -0.1) is 0 Å². The molecule has 1 aliphatic rings. The Balaban J connectivity index is 1.85. The fraction of sp³-hybridized carbons (Fsp3) is 0.692. The molecule has 1 aromatic heterocycles. The predicted molar refractivity (Wildman–Crippen MR) is 74.8 cm³/mol. The summed E-state index contributed by atoms with van der Waals surface area (Å²) in [5.74, 6) is 0.618. The molecule has 0 unspecified atom stereocenters. The first kappa shape index (κ1) is 13.3. The quantitative estimate of drug-likeness (QED) is 0.827. The summed E-state index contributed by atoms with van der Waals surface area (Å²) >= 11 is 1.27. The van der Waals surface area contributed by atoms with Crippen molar-refractivity contribution in [2.75, 3.05) is 12.3 Å². The van der Waals surface area contributed by atoms with Crippen LogP contribution < -0.4 is 11.1 Å². The highest BCUT2D eigenvalue weighted by Crippen LogP contribution is 2.23. The smallest absolute Gasteiger partial charge is 0.263 e. The lowest BCUT2D eigenvalue weighted by molar-refractivity contribution is 0.0949. The minimum absolute atomic E-state index is 0.0223. The van der Waals surface area contributed by atoms with Gasteiger partial charge in [-0.3, -0.25) is 4.79 Å². The maximum Gasteiger partial charge on any atom is 0.263 e. The second-order valence-electron chi connectivity index (χ2n) is 5.03. The summed E-state index contributed by atoms with van der Waals surface area (Å²) in [6.07, 6.45) is 7.76. The van der Waals surface area contributed by atoms with E-state index in [1.807, 2.05) is 6.92 Å². The molecule has 1 amide bonds. The Bertz CT molecular complexity index is 408. The van der Waals surface area contributed by atoms with Crippen molar-refractivity contribution in [2.45, 2.75) is 45.4 Å². The number of aromatic nitrogens is 1. The van der Waals surface area contributed by atoms with E-state index in [0.717, 1.165) is 12.2 Å². The lowest BCUT2D eigenvalue weighted by atomic mass is 10.0. The van der Waals surface area contributed by atoms with E-state index < -0.39 is 0 Å². The summed E-state index contributed by atoms with van der Waals surface area (Å²) in [6.45, 7) is 2.61. The Labute approximate surface area is 112 Å². The number of carbonyl (C=O) groups is 1. The van der Waals surface area contributed by atoms with Crippen LogP contribution in [0.2, 0.25) is 0 Å². The zero-order chi connectivity index (χ0) is 13.0. The van der Waals surface area contributed by atoms with Crippen LogP contribution >= 0.6 is 11.3 Å². The van der Waals surface area contributed by atoms with Gasteiger partial charge in [0.1, 0.15) is 4.88 Å². The molecule has 0 atom stereocenters. The van der Waals surface area contributed by atoms with Crippen LogP contribution in [0, 0.1) is 12.8 Å². The number of aryl methyl sites for hydroxylation is 1. The molecule has 0 bridgehead atoms. The molecule has 1 aliphatic carbocycles. The zero-order valence-electron chi connectivity index (χ0n) is 10.9. The van der Waals surface area contributed by atoms with Gasteiger partial charge >= 0.3 is 0 Å². The molecule has 1 heterocycles. The van der Waals surface area contributed by atoms with Gasteiger partial charge in [0, 0.05) is 6.54 Å². The molecular weight excluding hydrogens is 246 g/mol. The second-order valence-corrected chi connectivity index (χ2v) is 6.06. The first-order chi connectivity index (χ1) is 8.66. The SMILES string of the molecule is Cc1nc(N)sc1C(=O)NCC1CCCCCC1. The molecule has 1 aromatic rings. The van der Waals surface area contributed by atoms with E-state index in [0.29, 0.717) is 15.9 Å². The Morgan fingerprint density at radius 3 is 2.61 bits per heavy atom. The monoisotopic (exact) mass is 267 g/mol. The van der Waals surface area contributed by atoms with E-state index in [4.69, 9.17) is 5.73 Å². The highest BCUT2D eigenvalue weighted by Gasteiger charge is 2.17. The second kappa shape index (κ2) is 6.18. The Morgan fingerprint density at radius 1 is 1.39 bits per heavy atom. The highest BCUT2D eigenvalue weighted by atomic mass is 32.1.